The minimum Gasteiger partial charge on any atom is -0.378 e. The molecule has 1 rings (SSSR count). The van der Waals surface area contributed by atoms with Gasteiger partial charge in [0.15, 0.2) is 0 Å². The Morgan fingerprint density at radius 2 is 1.94 bits per heavy atom. The fourth-order valence-electron chi connectivity index (χ4n) is 2.09. The van der Waals surface area contributed by atoms with E-state index in [1.165, 1.54) is 0 Å². The summed E-state index contributed by atoms with van der Waals surface area (Å²) in [4.78, 5) is 16.2. The zero-order valence-corrected chi connectivity index (χ0v) is 12.1. The summed E-state index contributed by atoms with van der Waals surface area (Å²) >= 11 is 0. The monoisotopic (exact) mass is 257 g/mol. The maximum atomic E-state index is 12.2. The van der Waals surface area contributed by atoms with Crippen molar-refractivity contribution in [2.45, 2.75) is 32.4 Å². The van der Waals surface area contributed by atoms with Crippen molar-refractivity contribution in [3.05, 3.63) is 0 Å². The van der Waals surface area contributed by atoms with Gasteiger partial charge in [-0.2, -0.15) is 0 Å². The van der Waals surface area contributed by atoms with Crippen molar-refractivity contribution in [1.82, 2.24) is 15.1 Å². The van der Waals surface area contributed by atoms with Crippen LogP contribution >= 0.6 is 0 Å². The van der Waals surface area contributed by atoms with E-state index in [2.05, 4.69) is 31.2 Å². The van der Waals surface area contributed by atoms with Gasteiger partial charge in [-0.15, -0.1) is 0 Å². The SMILES string of the molecule is CC(CCN(C)C)NC(C)C(=O)N1CCOCC1. The molecule has 0 bridgehead atoms. The molecule has 106 valence electrons. The lowest BCUT2D eigenvalue weighted by molar-refractivity contribution is -0.137. The highest BCUT2D eigenvalue weighted by molar-refractivity contribution is 5.81. The van der Waals surface area contributed by atoms with Crippen LogP contribution in [0.3, 0.4) is 0 Å². The first-order valence-corrected chi connectivity index (χ1v) is 6.78. The molecule has 1 fully saturated rings. The van der Waals surface area contributed by atoms with Gasteiger partial charge in [0.25, 0.3) is 0 Å². The van der Waals surface area contributed by atoms with Crippen LogP contribution in [-0.4, -0.2) is 74.7 Å². The van der Waals surface area contributed by atoms with E-state index in [0.29, 0.717) is 19.3 Å². The molecule has 0 radical (unpaired) electrons. The minimum atomic E-state index is -0.111. The van der Waals surface area contributed by atoms with Crippen LogP contribution in [0.25, 0.3) is 0 Å². The van der Waals surface area contributed by atoms with Gasteiger partial charge in [0.1, 0.15) is 0 Å². The third-order valence-electron chi connectivity index (χ3n) is 3.24. The highest BCUT2D eigenvalue weighted by Gasteiger charge is 2.23. The van der Waals surface area contributed by atoms with Crippen LogP contribution in [0.2, 0.25) is 0 Å². The molecule has 1 amide bonds. The molecule has 1 aliphatic rings. The molecule has 1 saturated heterocycles. The van der Waals surface area contributed by atoms with E-state index in [-0.39, 0.29) is 11.9 Å². The van der Waals surface area contributed by atoms with Crippen molar-refractivity contribution in [1.29, 1.82) is 0 Å². The van der Waals surface area contributed by atoms with Crippen molar-refractivity contribution >= 4 is 5.91 Å². The summed E-state index contributed by atoms with van der Waals surface area (Å²) in [5.74, 6) is 0.190. The van der Waals surface area contributed by atoms with E-state index in [9.17, 15) is 4.79 Å². The van der Waals surface area contributed by atoms with Gasteiger partial charge < -0.3 is 19.9 Å². The van der Waals surface area contributed by atoms with Crippen molar-refractivity contribution in [2.24, 2.45) is 0 Å². The molecule has 0 aromatic rings. The topological polar surface area (TPSA) is 44.8 Å². The Kier molecular flexibility index (Phi) is 6.60. The molecule has 5 nitrogen and oxygen atoms in total. The molecule has 5 heteroatoms. The van der Waals surface area contributed by atoms with E-state index in [4.69, 9.17) is 4.74 Å². The molecule has 0 saturated carbocycles. The van der Waals surface area contributed by atoms with Crippen molar-refractivity contribution in [2.75, 3.05) is 46.9 Å². The van der Waals surface area contributed by atoms with Crippen LogP contribution in [0.1, 0.15) is 20.3 Å². The van der Waals surface area contributed by atoms with E-state index in [0.717, 1.165) is 26.1 Å². The quantitative estimate of drug-likeness (QED) is 0.736. The molecule has 0 aromatic carbocycles. The van der Waals surface area contributed by atoms with E-state index < -0.39 is 0 Å². The fourth-order valence-corrected chi connectivity index (χ4v) is 2.09. The molecular formula is C13H27N3O2. The average molecular weight is 257 g/mol. The number of ether oxygens (including phenoxy) is 1. The second kappa shape index (κ2) is 7.71. The molecule has 0 spiro atoms. The average Bonchev–Trinajstić information content (AvgIpc) is 2.36. The molecule has 2 unspecified atom stereocenters. The molecule has 1 heterocycles. The Balaban J connectivity index is 2.29. The van der Waals surface area contributed by atoms with Crippen molar-refractivity contribution < 1.29 is 9.53 Å². The number of hydrogen-bond donors (Lipinski definition) is 1. The highest BCUT2D eigenvalue weighted by Crippen LogP contribution is 2.02. The van der Waals surface area contributed by atoms with Crippen LogP contribution in [0.4, 0.5) is 0 Å². The van der Waals surface area contributed by atoms with E-state index in [1.807, 2.05) is 11.8 Å². The number of hydrogen-bond acceptors (Lipinski definition) is 4. The lowest BCUT2D eigenvalue weighted by Gasteiger charge is -2.30. The smallest absolute Gasteiger partial charge is 0.239 e. The van der Waals surface area contributed by atoms with Gasteiger partial charge in [-0.05, 0) is 40.9 Å². The Hall–Kier alpha value is -0.650. The standard InChI is InChI=1S/C13H27N3O2/c1-11(5-6-15(3)4)14-12(2)13(17)16-7-9-18-10-8-16/h11-12,14H,5-10H2,1-4H3. The number of morpholine rings is 1. The third kappa shape index (κ3) is 5.33. The lowest BCUT2D eigenvalue weighted by atomic mass is 10.2. The Bertz CT molecular complexity index is 253. The number of nitrogens with one attached hydrogen (secondary N) is 1. The number of carbonyl (C=O) groups excluding carboxylic acids is 1. The first-order valence-electron chi connectivity index (χ1n) is 6.78. The Morgan fingerprint density at radius 3 is 2.50 bits per heavy atom. The summed E-state index contributed by atoms with van der Waals surface area (Å²) in [5.41, 5.74) is 0. The summed E-state index contributed by atoms with van der Waals surface area (Å²) in [6, 6.07) is 0.243. The predicted octanol–water partition coefficient (Wildman–Crippen LogP) is 0.164. The normalized spacial score (nSPS) is 19.9. The Morgan fingerprint density at radius 1 is 1.33 bits per heavy atom. The van der Waals surface area contributed by atoms with E-state index in [1.54, 1.807) is 0 Å². The lowest BCUT2D eigenvalue weighted by Crippen LogP contribution is -2.51. The number of nitrogens with zero attached hydrogens (tertiary/aromatic N) is 2. The van der Waals surface area contributed by atoms with Gasteiger partial charge >= 0.3 is 0 Å². The number of carbonyl (C=O) groups is 1. The highest BCUT2D eigenvalue weighted by atomic mass is 16.5. The summed E-state index contributed by atoms with van der Waals surface area (Å²) in [5, 5.41) is 3.37. The van der Waals surface area contributed by atoms with Gasteiger partial charge in [-0.1, -0.05) is 0 Å². The zero-order valence-electron chi connectivity index (χ0n) is 12.1. The molecule has 0 aromatic heterocycles. The zero-order chi connectivity index (χ0) is 13.5. The van der Waals surface area contributed by atoms with E-state index >= 15 is 0 Å². The Labute approximate surface area is 110 Å². The third-order valence-corrected chi connectivity index (χ3v) is 3.24. The van der Waals surface area contributed by atoms with Gasteiger partial charge in [0, 0.05) is 19.1 Å². The first kappa shape index (κ1) is 15.4. The molecule has 1 aliphatic heterocycles. The molecular weight excluding hydrogens is 230 g/mol. The molecule has 18 heavy (non-hydrogen) atoms. The van der Waals surface area contributed by atoms with Crippen molar-refractivity contribution in [3.8, 4) is 0 Å². The second-order valence-electron chi connectivity index (χ2n) is 5.32. The van der Waals surface area contributed by atoms with Crippen LogP contribution in [0.15, 0.2) is 0 Å². The number of rotatable bonds is 6. The van der Waals surface area contributed by atoms with Crippen LogP contribution in [-0.2, 0) is 9.53 Å². The summed E-state index contributed by atoms with van der Waals surface area (Å²) < 4.78 is 5.26. The van der Waals surface area contributed by atoms with Crippen LogP contribution < -0.4 is 5.32 Å². The van der Waals surface area contributed by atoms with Gasteiger partial charge in [-0.3, -0.25) is 4.79 Å². The predicted molar refractivity (Wildman–Crippen MR) is 72.6 cm³/mol. The van der Waals surface area contributed by atoms with Crippen molar-refractivity contribution in [3.63, 3.8) is 0 Å². The maximum absolute atomic E-state index is 12.2. The van der Waals surface area contributed by atoms with Gasteiger partial charge in [-0.25, -0.2) is 0 Å². The minimum absolute atomic E-state index is 0.111. The molecule has 0 aliphatic carbocycles. The summed E-state index contributed by atoms with van der Waals surface area (Å²) in [6.45, 7) is 7.88. The van der Waals surface area contributed by atoms with Crippen LogP contribution in [0, 0.1) is 0 Å². The first-order chi connectivity index (χ1) is 8.50. The largest absolute Gasteiger partial charge is 0.378 e. The van der Waals surface area contributed by atoms with Gasteiger partial charge in [0.2, 0.25) is 5.91 Å². The van der Waals surface area contributed by atoms with Gasteiger partial charge in [0.05, 0.1) is 19.3 Å². The number of amides is 1. The molecule has 2 atom stereocenters. The summed E-state index contributed by atoms with van der Waals surface area (Å²) in [7, 11) is 4.13. The summed E-state index contributed by atoms with van der Waals surface area (Å²) in [6.07, 6.45) is 1.05. The molecule has 1 N–H and O–H groups in total. The van der Waals surface area contributed by atoms with Crippen LogP contribution in [0.5, 0.6) is 0 Å². The maximum Gasteiger partial charge on any atom is 0.239 e. The second-order valence-corrected chi connectivity index (χ2v) is 5.32. The fraction of sp³-hybridized carbons (Fsp3) is 0.923.